The molecule has 0 radical (unpaired) electrons. The predicted octanol–water partition coefficient (Wildman–Crippen LogP) is 3.09. The number of nitrogens with zero attached hydrogens (tertiary/aromatic N) is 1. The van der Waals surface area contributed by atoms with Crippen LogP contribution in [0.3, 0.4) is 0 Å². The highest BCUT2D eigenvalue weighted by Gasteiger charge is 2.31. The molecule has 1 saturated heterocycles. The fourth-order valence-corrected chi connectivity index (χ4v) is 3.19. The quantitative estimate of drug-likeness (QED) is 0.861. The van der Waals surface area contributed by atoms with Gasteiger partial charge in [0.25, 0.3) is 0 Å². The normalized spacial score (nSPS) is 26.6. The van der Waals surface area contributed by atoms with Gasteiger partial charge < -0.3 is 10.6 Å². The van der Waals surface area contributed by atoms with Crippen molar-refractivity contribution in [1.29, 1.82) is 0 Å². The molecular formula is C17H26N2O. The van der Waals surface area contributed by atoms with Crippen LogP contribution in [0.2, 0.25) is 0 Å². The monoisotopic (exact) mass is 274 g/mol. The van der Waals surface area contributed by atoms with Gasteiger partial charge in [0.1, 0.15) is 0 Å². The minimum atomic E-state index is 0.276. The summed E-state index contributed by atoms with van der Waals surface area (Å²) in [4.78, 5) is 14.5. The number of nitrogen functional groups attached to an aromatic ring is 1. The van der Waals surface area contributed by atoms with Crippen molar-refractivity contribution in [1.82, 2.24) is 4.90 Å². The third-order valence-corrected chi connectivity index (χ3v) is 4.50. The number of rotatable bonds is 3. The lowest BCUT2D eigenvalue weighted by molar-refractivity contribution is -0.137. The van der Waals surface area contributed by atoms with Gasteiger partial charge in [0.15, 0.2) is 0 Å². The molecule has 0 spiro atoms. The predicted molar refractivity (Wildman–Crippen MR) is 83.3 cm³/mol. The number of benzene rings is 1. The number of hydrogen-bond acceptors (Lipinski definition) is 2. The number of hydrogen-bond donors (Lipinski definition) is 1. The van der Waals surface area contributed by atoms with Crippen LogP contribution < -0.4 is 5.73 Å². The third kappa shape index (κ3) is 3.53. The molecule has 0 aliphatic carbocycles. The van der Waals surface area contributed by atoms with E-state index in [1.807, 2.05) is 24.3 Å². The second-order valence-corrected chi connectivity index (χ2v) is 6.35. The lowest BCUT2D eigenvalue weighted by Crippen LogP contribution is -2.48. The molecule has 3 heteroatoms. The molecule has 1 aromatic rings. The molecule has 1 amide bonds. The number of nitrogens with two attached hydrogens (primary N) is 1. The van der Waals surface area contributed by atoms with E-state index >= 15 is 0 Å². The van der Waals surface area contributed by atoms with Crippen LogP contribution in [0.4, 0.5) is 5.69 Å². The minimum Gasteiger partial charge on any atom is -0.399 e. The van der Waals surface area contributed by atoms with Crippen molar-refractivity contribution in [2.75, 3.05) is 12.3 Å². The number of likely N-dealkylation sites (tertiary alicyclic amines) is 1. The topological polar surface area (TPSA) is 46.3 Å². The SMILES string of the molecule is CC1CC(C)C(C)N(C(=O)CCc2cccc(N)c2)C1. The summed E-state index contributed by atoms with van der Waals surface area (Å²) in [6, 6.07) is 8.18. The molecule has 0 saturated carbocycles. The van der Waals surface area contributed by atoms with Gasteiger partial charge in [0.2, 0.25) is 5.91 Å². The fourth-order valence-electron chi connectivity index (χ4n) is 3.19. The van der Waals surface area contributed by atoms with Gasteiger partial charge in [-0.2, -0.15) is 0 Å². The highest BCUT2D eigenvalue weighted by molar-refractivity contribution is 5.77. The molecule has 1 aliphatic heterocycles. The summed E-state index contributed by atoms with van der Waals surface area (Å²) in [6.07, 6.45) is 2.57. The van der Waals surface area contributed by atoms with Crippen LogP contribution in [0.1, 0.15) is 39.2 Å². The van der Waals surface area contributed by atoms with Crippen LogP contribution in [0.15, 0.2) is 24.3 Å². The van der Waals surface area contributed by atoms with Crippen LogP contribution >= 0.6 is 0 Å². The van der Waals surface area contributed by atoms with E-state index < -0.39 is 0 Å². The summed E-state index contributed by atoms with van der Waals surface area (Å²) in [6.45, 7) is 7.56. The molecular weight excluding hydrogens is 248 g/mol. The molecule has 0 bridgehead atoms. The maximum atomic E-state index is 12.5. The Morgan fingerprint density at radius 1 is 1.35 bits per heavy atom. The van der Waals surface area contributed by atoms with E-state index in [-0.39, 0.29) is 5.91 Å². The first-order valence-corrected chi connectivity index (χ1v) is 7.61. The average molecular weight is 274 g/mol. The summed E-state index contributed by atoms with van der Waals surface area (Å²) >= 11 is 0. The molecule has 1 heterocycles. The van der Waals surface area contributed by atoms with E-state index in [1.165, 1.54) is 6.42 Å². The first kappa shape index (κ1) is 14.9. The number of carbonyl (C=O) groups is 1. The Kier molecular flexibility index (Phi) is 4.69. The number of aryl methyl sites for hydroxylation is 1. The zero-order valence-corrected chi connectivity index (χ0v) is 12.8. The van der Waals surface area contributed by atoms with E-state index in [4.69, 9.17) is 5.73 Å². The Hall–Kier alpha value is -1.51. The van der Waals surface area contributed by atoms with Crippen molar-refractivity contribution in [3.05, 3.63) is 29.8 Å². The van der Waals surface area contributed by atoms with Crippen molar-refractivity contribution in [3.8, 4) is 0 Å². The molecule has 2 rings (SSSR count). The Morgan fingerprint density at radius 3 is 2.80 bits per heavy atom. The maximum Gasteiger partial charge on any atom is 0.223 e. The number of carbonyl (C=O) groups excluding carboxylic acids is 1. The standard InChI is InChI=1S/C17H26N2O/c1-12-9-13(2)14(3)19(11-12)17(20)8-7-15-5-4-6-16(18)10-15/h4-6,10,12-14H,7-9,11,18H2,1-3H3. The van der Waals surface area contributed by atoms with Gasteiger partial charge in [-0.25, -0.2) is 0 Å². The first-order chi connectivity index (χ1) is 9.47. The second kappa shape index (κ2) is 6.29. The zero-order chi connectivity index (χ0) is 14.7. The summed E-state index contributed by atoms with van der Waals surface area (Å²) in [5.41, 5.74) is 7.68. The van der Waals surface area contributed by atoms with E-state index in [2.05, 4.69) is 25.7 Å². The van der Waals surface area contributed by atoms with Gasteiger partial charge in [0.05, 0.1) is 0 Å². The van der Waals surface area contributed by atoms with Crippen LogP contribution in [-0.4, -0.2) is 23.4 Å². The Balaban J connectivity index is 1.94. The van der Waals surface area contributed by atoms with Gasteiger partial charge in [-0.15, -0.1) is 0 Å². The van der Waals surface area contributed by atoms with Crippen molar-refractivity contribution in [2.45, 2.75) is 46.1 Å². The Labute approximate surface area is 122 Å². The molecule has 2 N–H and O–H groups in total. The summed E-state index contributed by atoms with van der Waals surface area (Å²) < 4.78 is 0. The van der Waals surface area contributed by atoms with Gasteiger partial charge in [-0.05, 0) is 49.3 Å². The number of amides is 1. The van der Waals surface area contributed by atoms with E-state index in [9.17, 15) is 4.79 Å². The Morgan fingerprint density at radius 2 is 2.10 bits per heavy atom. The molecule has 3 atom stereocenters. The molecule has 110 valence electrons. The smallest absolute Gasteiger partial charge is 0.223 e. The molecule has 1 fully saturated rings. The van der Waals surface area contributed by atoms with Gasteiger partial charge in [-0.3, -0.25) is 4.79 Å². The van der Waals surface area contributed by atoms with Crippen LogP contribution in [0, 0.1) is 11.8 Å². The van der Waals surface area contributed by atoms with Crippen molar-refractivity contribution in [3.63, 3.8) is 0 Å². The minimum absolute atomic E-state index is 0.276. The molecule has 3 nitrogen and oxygen atoms in total. The number of piperidine rings is 1. The van der Waals surface area contributed by atoms with Crippen molar-refractivity contribution in [2.24, 2.45) is 11.8 Å². The van der Waals surface area contributed by atoms with Gasteiger partial charge in [-0.1, -0.05) is 26.0 Å². The first-order valence-electron chi connectivity index (χ1n) is 7.61. The molecule has 0 aromatic heterocycles. The third-order valence-electron chi connectivity index (χ3n) is 4.50. The fraction of sp³-hybridized carbons (Fsp3) is 0.588. The molecule has 1 aliphatic rings. The van der Waals surface area contributed by atoms with Crippen LogP contribution in [-0.2, 0) is 11.2 Å². The number of anilines is 1. The summed E-state index contributed by atoms with van der Waals surface area (Å²) in [5, 5.41) is 0. The van der Waals surface area contributed by atoms with Gasteiger partial charge in [0, 0.05) is 24.7 Å². The molecule has 20 heavy (non-hydrogen) atoms. The van der Waals surface area contributed by atoms with Crippen LogP contribution in [0.5, 0.6) is 0 Å². The largest absolute Gasteiger partial charge is 0.399 e. The maximum absolute atomic E-state index is 12.5. The second-order valence-electron chi connectivity index (χ2n) is 6.35. The average Bonchev–Trinajstić information content (AvgIpc) is 2.40. The van der Waals surface area contributed by atoms with E-state index in [0.717, 1.165) is 24.2 Å². The van der Waals surface area contributed by atoms with E-state index in [0.29, 0.717) is 24.3 Å². The van der Waals surface area contributed by atoms with E-state index in [1.54, 1.807) is 0 Å². The molecule has 1 aromatic carbocycles. The van der Waals surface area contributed by atoms with Crippen LogP contribution in [0.25, 0.3) is 0 Å². The van der Waals surface area contributed by atoms with Crippen molar-refractivity contribution >= 4 is 11.6 Å². The lowest BCUT2D eigenvalue weighted by Gasteiger charge is -2.41. The highest BCUT2D eigenvalue weighted by Crippen LogP contribution is 2.27. The van der Waals surface area contributed by atoms with Crippen molar-refractivity contribution < 1.29 is 4.79 Å². The summed E-state index contributed by atoms with van der Waals surface area (Å²) in [7, 11) is 0. The Bertz CT molecular complexity index is 472. The molecule has 3 unspecified atom stereocenters. The zero-order valence-electron chi connectivity index (χ0n) is 12.8. The lowest BCUT2D eigenvalue weighted by atomic mass is 9.85. The highest BCUT2D eigenvalue weighted by atomic mass is 16.2. The summed E-state index contributed by atoms with van der Waals surface area (Å²) in [5.74, 6) is 1.48. The van der Waals surface area contributed by atoms with Gasteiger partial charge >= 0.3 is 0 Å².